The summed E-state index contributed by atoms with van der Waals surface area (Å²) >= 11 is 7.26. The average Bonchev–Trinajstić information content (AvgIpc) is 2.96. The van der Waals surface area contributed by atoms with Gasteiger partial charge in [-0.3, -0.25) is 9.59 Å². The lowest BCUT2D eigenvalue weighted by Crippen LogP contribution is -2.31. The lowest BCUT2D eigenvalue weighted by molar-refractivity contribution is -0.114. The van der Waals surface area contributed by atoms with Crippen LogP contribution >= 0.6 is 23.4 Å². The number of rotatable bonds is 9. The van der Waals surface area contributed by atoms with Crippen LogP contribution in [0.15, 0.2) is 94.7 Å². The van der Waals surface area contributed by atoms with Crippen molar-refractivity contribution >= 4 is 46.6 Å². The molecule has 0 fully saturated rings. The molecule has 0 saturated heterocycles. The van der Waals surface area contributed by atoms with Crippen LogP contribution < -0.4 is 25.4 Å². The molecule has 0 aliphatic carbocycles. The topological polar surface area (TPSA) is 112 Å². The van der Waals surface area contributed by atoms with Crippen LogP contribution in [0.4, 0.5) is 11.4 Å². The zero-order chi connectivity index (χ0) is 28.6. The van der Waals surface area contributed by atoms with Crippen molar-refractivity contribution in [2.24, 2.45) is 0 Å². The van der Waals surface area contributed by atoms with E-state index < -0.39 is 5.92 Å². The number of allylic oxidation sites excluding steroid dienone is 2. The van der Waals surface area contributed by atoms with Crippen LogP contribution in [0, 0.1) is 11.3 Å². The first-order valence-electron chi connectivity index (χ1n) is 12.2. The summed E-state index contributed by atoms with van der Waals surface area (Å²) in [7, 11) is 3.03. The van der Waals surface area contributed by atoms with Gasteiger partial charge in [-0.1, -0.05) is 65.8 Å². The predicted octanol–water partition coefficient (Wildman–Crippen LogP) is 6.06. The third kappa shape index (κ3) is 6.42. The standard InChI is InChI=1S/C30H27ClN4O4S/c1-18-27(29(37)35-22-11-7-8-12-24(22)38-2)28(19-9-5-4-6-10-19)21(16-32)30(33-18)40-17-26(36)34-23-15-20(31)13-14-25(23)39-3/h4-15,28,33H,17H2,1-3H3,(H,34,36)(H,35,37)/t28-/m1/s1. The summed E-state index contributed by atoms with van der Waals surface area (Å²) in [5.74, 6) is -0.338. The monoisotopic (exact) mass is 574 g/mol. The number of hydrogen-bond acceptors (Lipinski definition) is 7. The molecule has 8 nitrogen and oxygen atoms in total. The molecule has 3 aromatic rings. The number of hydrogen-bond donors (Lipinski definition) is 3. The fourth-order valence-corrected chi connectivity index (χ4v) is 5.41. The van der Waals surface area contributed by atoms with Crippen LogP contribution in [0.25, 0.3) is 0 Å². The smallest absolute Gasteiger partial charge is 0.254 e. The van der Waals surface area contributed by atoms with Crippen LogP contribution in [0.3, 0.4) is 0 Å². The molecule has 0 bridgehead atoms. The van der Waals surface area contributed by atoms with E-state index in [1.54, 1.807) is 43.3 Å². The van der Waals surface area contributed by atoms with Crippen LogP contribution in [-0.4, -0.2) is 31.8 Å². The highest BCUT2D eigenvalue weighted by atomic mass is 35.5. The summed E-state index contributed by atoms with van der Waals surface area (Å²) in [6.07, 6.45) is 0. The van der Waals surface area contributed by atoms with Gasteiger partial charge in [0.15, 0.2) is 0 Å². The molecule has 0 unspecified atom stereocenters. The molecule has 0 spiro atoms. The van der Waals surface area contributed by atoms with Gasteiger partial charge >= 0.3 is 0 Å². The van der Waals surface area contributed by atoms with Gasteiger partial charge in [-0.15, -0.1) is 0 Å². The van der Waals surface area contributed by atoms with Crippen LogP contribution in [0.2, 0.25) is 5.02 Å². The van der Waals surface area contributed by atoms with E-state index in [0.717, 1.165) is 5.56 Å². The third-order valence-electron chi connectivity index (χ3n) is 6.16. The Morgan fingerprint density at radius 3 is 2.35 bits per heavy atom. The Balaban J connectivity index is 1.62. The summed E-state index contributed by atoms with van der Waals surface area (Å²) in [4.78, 5) is 26.5. The van der Waals surface area contributed by atoms with E-state index in [1.165, 1.54) is 26.0 Å². The Hall–Kier alpha value is -4.39. The number of anilines is 2. The first-order valence-corrected chi connectivity index (χ1v) is 13.6. The molecule has 0 radical (unpaired) electrons. The van der Waals surface area contributed by atoms with Crippen molar-refractivity contribution in [2.45, 2.75) is 12.8 Å². The number of para-hydroxylation sites is 2. The number of amides is 2. The normalized spacial score (nSPS) is 14.6. The second-order valence-electron chi connectivity index (χ2n) is 8.70. The zero-order valence-corrected chi connectivity index (χ0v) is 23.7. The van der Waals surface area contributed by atoms with Gasteiger partial charge in [0.25, 0.3) is 5.91 Å². The number of methoxy groups -OCH3 is 2. The van der Waals surface area contributed by atoms with Crippen molar-refractivity contribution in [1.82, 2.24) is 5.32 Å². The number of carbonyl (C=O) groups is 2. The number of dihydropyridines is 1. The van der Waals surface area contributed by atoms with Crippen molar-refractivity contribution in [3.05, 3.63) is 105 Å². The molecule has 40 heavy (non-hydrogen) atoms. The van der Waals surface area contributed by atoms with Gasteiger partial charge in [-0.25, -0.2) is 0 Å². The highest BCUT2D eigenvalue weighted by Gasteiger charge is 2.35. The Labute approximate surface area is 242 Å². The third-order valence-corrected chi connectivity index (χ3v) is 7.42. The number of halogens is 1. The lowest BCUT2D eigenvalue weighted by atomic mass is 9.82. The Morgan fingerprint density at radius 2 is 1.65 bits per heavy atom. The zero-order valence-electron chi connectivity index (χ0n) is 22.1. The van der Waals surface area contributed by atoms with E-state index in [0.29, 0.717) is 49.8 Å². The maximum atomic E-state index is 13.7. The number of nitrogens with one attached hydrogen (secondary N) is 3. The minimum absolute atomic E-state index is 0.000709. The molecular weight excluding hydrogens is 548 g/mol. The summed E-state index contributed by atoms with van der Waals surface area (Å²) in [5, 5.41) is 20.2. The molecule has 1 heterocycles. The summed E-state index contributed by atoms with van der Waals surface area (Å²) < 4.78 is 10.7. The van der Waals surface area contributed by atoms with E-state index in [4.69, 9.17) is 21.1 Å². The first kappa shape index (κ1) is 28.6. The Kier molecular flexibility index (Phi) is 9.38. The second-order valence-corrected chi connectivity index (χ2v) is 10.1. The molecule has 1 atom stereocenters. The van der Waals surface area contributed by atoms with Crippen molar-refractivity contribution in [3.8, 4) is 17.6 Å². The maximum absolute atomic E-state index is 13.7. The SMILES string of the molecule is COc1ccc(Cl)cc1NC(=O)CSC1=C(C#N)[C@@H](c2ccccc2)C(C(=O)Nc2ccccc2OC)=C(C)N1. The second kappa shape index (κ2) is 13.1. The Bertz CT molecular complexity index is 1530. The van der Waals surface area contributed by atoms with Crippen molar-refractivity contribution in [1.29, 1.82) is 5.26 Å². The van der Waals surface area contributed by atoms with Crippen LogP contribution in [-0.2, 0) is 9.59 Å². The van der Waals surface area contributed by atoms with E-state index in [2.05, 4.69) is 22.0 Å². The van der Waals surface area contributed by atoms with E-state index in [9.17, 15) is 14.9 Å². The number of nitrogens with zero attached hydrogens (tertiary/aromatic N) is 1. The lowest BCUT2D eigenvalue weighted by Gasteiger charge is -2.30. The molecule has 0 saturated carbocycles. The fourth-order valence-electron chi connectivity index (χ4n) is 4.35. The van der Waals surface area contributed by atoms with E-state index in [1.807, 2.05) is 36.4 Å². The molecule has 3 aromatic carbocycles. The number of benzene rings is 3. The van der Waals surface area contributed by atoms with Crippen molar-refractivity contribution < 1.29 is 19.1 Å². The highest BCUT2D eigenvalue weighted by molar-refractivity contribution is 8.03. The predicted molar refractivity (Wildman–Crippen MR) is 158 cm³/mol. The number of thioether (sulfide) groups is 1. The molecular formula is C30H27ClN4O4S. The van der Waals surface area contributed by atoms with Gasteiger partial charge in [0.1, 0.15) is 11.5 Å². The molecule has 204 valence electrons. The van der Waals surface area contributed by atoms with Crippen molar-refractivity contribution in [3.63, 3.8) is 0 Å². The summed E-state index contributed by atoms with van der Waals surface area (Å²) in [6.45, 7) is 1.78. The molecule has 0 aromatic heterocycles. The van der Waals surface area contributed by atoms with Gasteiger partial charge in [0.2, 0.25) is 5.91 Å². The highest BCUT2D eigenvalue weighted by Crippen LogP contribution is 2.41. The van der Waals surface area contributed by atoms with Crippen LogP contribution in [0.1, 0.15) is 18.4 Å². The quantitative estimate of drug-likeness (QED) is 0.284. The fraction of sp³-hybridized carbons (Fsp3) is 0.167. The Morgan fingerprint density at radius 1 is 0.975 bits per heavy atom. The van der Waals surface area contributed by atoms with Gasteiger partial charge in [0, 0.05) is 16.3 Å². The largest absolute Gasteiger partial charge is 0.495 e. The average molecular weight is 575 g/mol. The molecule has 2 amide bonds. The van der Waals surface area contributed by atoms with Crippen LogP contribution in [0.5, 0.6) is 11.5 Å². The van der Waals surface area contributed by atoms with E-state index >= 15 is 0 Å². The minimum atomic E-state index is -0.652. The maximum Gasteiger partial charge on any atom is 0.254 e. The molecule has 1 aliphatic heterocycles. The molecule has 10 heteroatoms. The van der Waals surface area contributed by atoms with Gasteiger partial charge < -0.3 is 25.4 Å². The number of ether oxygens (including phenoxy) is 2. The summed E-state index contributed by atoms with van der Waals surface area (Å²) in [5.41, 5.74) is 3.03. The van der Waals surface area contributed by atoms with E-state index in [-0.39, 0.29) is 17.6 Å². The van der Waals surface area contributed by atoms with Gasteiger partial charge in [-0.2, -0.15) is 5.26 Å². The van der Waals surface area contributed by atoms with Gasteiger partial charge in [-0.05, 0) is 42.8 Å². The summed E-state index contributed by atoms with van der Waals surface area (Å²) in [6, 6.07) is 23.7. The molecule has 3 N–H and O–H groups in total. The van der Waals surface area contributed by atoms with Gasteiger partial charge in [0.05, 0.1) is 53.9 Å². The number of nitriles is 1. The minimum Gasteiger partial charge on any atom is -0.495 e. The molecule has 1 aliphatic rings. The first-order chi connectivity index (χ1) is 19.4. The number of carbonyl (C=O) groups excluding carboxylic acids is 2. The van der Waals surface area contributed by atoms with Crippen molar-refractivity contribution in [2.75, 3.05) is 30.6 Å². The molecule has 4 rings (SSSR count).